The lowest BCUT2D eigenvalue weighted by molar-refractivity contribution is -0.000404. The van der Waals surface area contributed by atoms with Gasteiger partial charge in [0.1, 0.15) is 5.82 Å². The summed E-state index contributed by atoms with van der Waals surface area (Å²) in [7, 11) is 0. The van der Waals surface area contributed by atoms with Crippen LogP contribution in [0.25, 0.3) is 11.3 Å². The average Bonchev–Trinajstić information content (AvgIpc) is 3.05. The quantitative estimate of drug-likeness (QED) is 0.757. The molecule has 1 fully saturated rings. The summed E-state index contributed by atoms with van der Waals surface area (Å²) in [6.07, 6.45) is 6.25. The number of nitrogens with zero attached hydrogens (tertiary/aromatic N) is 4. The molecule has 0 bridgehead atoms. The number of alkyl halides is 2. The Kier molecular flexibility index (Phi) is 5.43. The van der Waals surface area contributed by atoms with Gasteiger partial charge in [-0.3, -0.25) is 0 Å². The second-order valence-electron chi connectivity index (χ2n) is 7.21. The lowest BCUT2D eigenvalue weighted by atomic mass is 9.77. The van der Waals surface area contributed by atoms with Crippen LogP contribution in [-0.2, 0) is 0 Å². The van der Waals surface area contributed by atoms with Gasteiger partial charge in [0.25, 0.3) is 0 Å². The van der Waals surface area contributed by atoms with Crippen LogP contribution in [0, 0.1) is 5.92 Å². The predicted molar refractivity (Wildman–Crippen MR) is 95.2 cm³/mol. The maximum absolute atomic E-state index is 12.8. The maximum atomic E-state index is 12.8. The van der Waals surface area contributed by atoms with E-state index >= 15 is 0 Å². The van der Waals surface area contributed by atoms with Crippen LogP contribution in [0.1, 0.15) is 46.1 Å². The fourth-order valence-corrected chi connectivity index (χ4v) is 3.52. The molecule has 9 heteroatoms. The van der Waals surface area contributed by atoms with Gasteiger partial charge in [-0.05, 0) is 63.1 Å². The van der Waals surface area contributed by atoms with Gasteiger partial charge >= 0.3 is 6.55 Å². The van der Waals surface area contributed by atoms with Crippen LogP contribution in [-0.4, -0.2) is 36.5 Å². The molecular formula is C17H22ClF2N5O. The second-order valence-corrected chi connectivity index (χ2v) is 7.54. The van der Waals surface area contributed by atoms with Crippen molar-refractivity contribution >= 4 is 17.4 Å². The van der Waals surface area contributed by atoms with Crippen LogP contribution in [0.3, 0.4) is 0 Å². The molecule has 2 N–H and O–H groups in total. The van der Waals surface area contributed by atoms with Crippen molar-refractivity contribution in [2.75, 3.05) is 5.32 Å². The topological polar surface area (TPSA) is 75.9 Å². The Morgan fingerprint density at radius 2 is 2.00 bits per heavy atom. The normalized spacial score (nSPS) is 21.2. The molecule has 0 saturated heterocycles. The van der Waals surface area contributed by atoms with E-state index in [1.54, 1.807) is 0 Å². The van der Waals surface area contributed by atoms with Gasteiger partial charge in [-0.25, -0.2) is 14.6 Å². The Labute approximate surface area is 155 Å². The Bertz CT molecular complexity index is 754. The summed E-state index contributed by atoms with van der Waals surface area (Å²) in [6, 6.07) is 1.66. The Morgan fingerprint density at radius 1 is 1.31 bits per heavy atom. The van der Waals surface area contributed by atoms with E-state index in [4.69, 9.17) is 11.6 Å². The molecule has 2 aromatic heterocycles. The first-order valence-corrected chi connectivity index (χ1v) is 8.97. The molecule has 0 aromatic carbocycles. The molecule has 2 aromatic rings. The highest BCUT2D eigenvalue weighted by Gasteiger charge is 2.31. The third-order valence-corrected chi connectivity index (χ3v) is 5.09. The van der Waals surface area contributed by atoms with Crippen molar-refractivity contribution in [3.05, 3.63) is 23.7 Å². The zero-order valence-electron chi connectivity index (χ0n) is 14.7. The molecule has 6 nitrogen and oxygen atoms in total. The van der Waals surface area contributed by atoms with E-state index in [1.165, 1.54) is 18.5 Å². The number of rotatable bonds is 5. The van der Waals surface area contributed by atoms with Gasteiger partial charge in [-0.2, -0.15) is 13.9 Å². The average molecular weight is 386 g/mol. The number of anilines is 1. The molecule has 26 heavy (non-hydrogen) atoms. The van der Waals surface area contributed by atoms with E-state index in [2.05, 4.69) is 20.4 Å². The van der Waals surface area contributed by atoms with Crippen LogP contribution in [0.2, 0.25) is 5.28 Å². The lowest BCUT2D eigenvalue weighted by Gasteiger charge is -2.36. The standard InChI is InChI=1S/C17H22ClF2N5O/c1-17(2,26)10-3-5-11(6-4-10)22-14-12(9-21-15(18)23-14)13-7-8-25(24-13)16(19)20/h7-11,16,26H,3-6H2,1-2H3,(H,21,22,23). The van der Waals surface area contributed by atoms with Crippen LogP contribution in [0.15, 0.2) is 18.5 Å². The second kappa shape index (κ2) is 7.44. The predicted octanol–water partition coefficient (Wildman–Crippen LogP) is 4.13. The lowest BCUT2D eigenvalue weighted by Crippen LogP contribution is -2.37. The van der Waals surface area contributed by atoms with E-state index in [0.29, 0.717) is 21.8 Å². The van der Waals surface area contributed by atoms with Gasteiger partial charge in [-0.15, -0.1) is 0 Å². The minimum absolute atomic E-state index is 0.0784. The highest BCUT2D eigenvalue weighted by atomic mass is 35.5. The molecule has 1 aliphatic rings. The summed E-state index contributed by atoms with van der Waals surface area (Å²) in [5.74, 6) is 0.743. The molecule has 0 spiro atoms. The molecule has 0 radical (unpaired) electrons. The number of hydrogen-bond acceptors (Lipinski definition) is 5. The molecular weight excluding hydrogens is 364 g/mol. The first-order valence-electron chi connectivity index (χ1n) is 8.59. The molecule has 0 aliphatic heterocycles. The minimum Gasteiger partial charge on any atom is -0.390 e. The Morgan fingerprint density at radius 3 is 2.58 bits per heavy atom. The van der Waals surface area contributed by atoms with Crippen molar-refractivity contribution in [2.24, 2.45) is 5.92 Å². The largest absolute Gasteiger partial charge is 0.390 e. The molecule has 0 amide bonds. The zero-order chi connectivity index (χ0) is 18.9. The minimum atomic E-state index is -2.70. The first kappa shape index (κ1) is 19.0. The van der Waals surface area contributed by atoms with Crippen LogP contribution in [0.5, 0.6) is 0 Å². The summed E-state index contributed by atoms with van der Waals surface area (Å²) >= 11 is 5.92. The van der Waals surface area contributed by atoms with Gasteiger partial charge in [-0.1, -0.05) is 0 Å². The smallest absolute Gasteiger partial charge is 0.333 e. The van der Waals surface area contributed by atoms with Crippen molar-refractivity contribution in [3.63, 3.8) is 0 Å². The number of hydrogen-bond donors (Lipinski definition) is 2. The fraction of sp³-hybridized carbons (Fsp3) is 0.588. The van der Waals surface area contributed by atoms with E-state index in [9.17, 15) is 13.9 Å². The first-order chi connectivity index (χ1) is 12.2. The molecule has 0 atom stereocenters. The maximum Gasteiger partial charge on any atom is 0.333 e. The molecule has 0 unspecified atom stereocenters. The number of nitrogens with one attached hydrogen (secondary N) is 1. The fourth-order valence-electron chi connectivity index (χ4n) is 3.39. The van der Waals surface area contributed by atoms with Crippen molar-refractivity contribution in [1.29, 1.82) is 0 Å². The Balaban J connectivity index is 1.77. The van der Waals surface area contributed by atoms with Gasteiger partial charge < -0.3 is 10.4 Å². The van der Waals surface area contributed by atoms with E-state index in [1.807, 2.05) is 13.8 Å². The van der Waals surface area contributed by atoms with Crippen molar-refractivity contribution in [2.45, 2.75) is 57.7 Å². The summed E-state index contributed by atoms with van der Waals surface area (Å²) in [5, 5.41) is 17.5. The summed E-state index contributed by atoms with van der Waals surface area (Å²) in [6.45, 7) is 0.977. The zero-order valence-corrected chi connectivity index (χ0v) is 15.4. The number of halogens is 3. The SMILES string of the molecule is CC(C)(O)C1CCC(Nc2nc(Cl)ncc2-c2ccn(C(F)F)n2)CC1. The summed E-state index contributed by atoms with van der Waals surface area (Å²) < 4.78 is 26.1. The Hall–Kier alpha value is -1.80. The molecule has 1 saturated carbocycles. The number of aromatic nitrogens is 4. The van der Waals surface area contributed by atoms with E-state index < -0.39 is 12.2 Å². The molecule has 1 aliphatic carbocycles. The van der Waals surface area contributed by atoms with Crippen molar-refractivity contribution in [1.82, 2.24) is 19.7 Å². The third-order valence-electron chi connectivity index (χ3n) is 4.91. The summed E-state index contributed by atoms with van der Waals surface area (Å²) in [4.78, 5) is 8.17. The molecule has 3 rings (SSSR count). The van der Waals surface area contributed by atoms with E-state index in [-0.39, 0.29) is 17.2 Å². The van der Waals surface area contributed by atoms with Crippen LogP contribution >= 0.6 is 11.6 Å². The summed E-state index contributed by atoms with van der Waals surface area (Å²) in [5.41, 5.74) is 0.198. The van der Waals surface area contributed by atoms with Crippen molar-refractivity contribution < 1.29 is 13.9 Å². The van der Waals surface area contributed by atoms with Gasteiger partial charge in [0.05, 0.1) is 16.9 Å². The van der Waals surface area contributed by atoms with Gasteiger partial charge in [0.2, 0.25) is 5.28 Å². The van der Waals surface area contributed by atoms with Gasteiger partial charge in [0.15, 0.2) is 0 Å². The highest BCUT2D eigenvalue weighted by molar-refractivity contribution is 6.28. The van der Waals surface area contributed by atoms with Gasteiger partial charge in [0, 0.05) is 18.4 Å². The number of aliphatic hydroxyl groups is 1. The molecule has 142 valence electrons. The van der Waals surface area contributed by atoms with Crippen molar-refractivity contribution in [3.8, 4) is 11.3 Å². The molecule has 2 heterocycles. The van der Waals surface area contributed by atoms with Crippen LogP contribution < -0.4 is 5.32 Å². The van der Waals surface area contributed by atoms with E-state index in [0.717, 1.165) is 25.7 Å². The van der Waals surface area contributed by atoms with Crippen LogP contribution in [0.4, 0.5) is 14.6 Å². The highest BCUT2D eigenvalue weighted by Crippen LogP contribution is 2.35. The monoisotopic (exact) mass is 385 g/mol. The third kappa shape index (κ3) is 4.29.